The Hall–Kier alpha value is -0.950. The summed E-state index contributed by atoms with van der Waals surface area (Å²) in [4.78, 5) is 11.0. The molecule has 17 heavy (non-hydrogen) atoms. The quantitative estimate of drug-likeness (QED) is 0.542. The van der Waals surface area contributed by atoms with Gasteiger partial charge in [-0.05, 0) is 19.9 Å². The van der Waals surface area contributed by atoms with Gasteiger partial charge in [-0.15, -0.1) is 0 Å². The van der Waals surface area contributed by atoms with Crippen LogP contribution in [0, 0.1) is 0 Å². The van der Waals surface area contributed by atoms with Crippen LogP contribution in [-0.4, -0.2) is 48.6 Å². The smallest absolute Gasteiger partial charge is 0.330 e. The SMILES string of the molecule is COC(=O)/C=C/[C@H]1OC(O)[C@@H]2OC(C)(C)O[C@H]12. The van der Waals surface area contributed by atoms with E-state index in [-0.39, 0.29) is 0 Å². The van der Waals surface area contributed by atoms with E-state index in [9.17, 15) is 9.90 Å². The Morgan fingerprint density at radius 3 is 2.65 bits per heavy atom. The van der Waals surface area contributed by atoms with E-state index in [1.54, 1.807) is 13.8 Å². The van der Waals surface area contributed by atoms with Crippen LogP contribution in [-0.2, 0) is 23.7 Å². The molecule has 2 aliphatic rings. The van der Waals surface area contributed by atoms with Gasteiger partial charge in [-0.3, -0.25) is 0 Å². The Morgan fingerprint density at radius 1 is 1.35 bits per heavy atom. The molecule has 2 fully saturated rings. The number of aliphatic hydroxyl groups excluding tert-OH is 1. The van der Waals surface area contributed by atoms with Gasteiger partial charge in [0.25, 0.3) is 0 Å². The molecule has 2 heterocycles. The summed E-state index contributed by atoms with van der Waals surface area (Å²) in [6.45, 7) is 3.53. The van der Waals surface area contributed by atoms with Crippen molar-refractivity contribution in [3.8, 4) is 0 Å². The molecule has 96 valence electrons. The van der Waals surface area contributed by atoms with Gasteiger partial charge in [0.05, 0.1) is 7.11 Å². The van der Waals surface area contributed by atoms with Gasteiger partial charge < -0.3 is 24.1 Å². The van der Waals surface area contributed by atoms with Crippen LogP contribution in [0.4, 0.5) is 0 Å². The molecule has 1 N–H and O–H groups in total. The maximum absolute atomic E-state index is 11.0. The molecule has 2 saturated heterocycles. The minimum atomic E-state index is -1.05. The lowest BCUT2D eigenvalue weighted by atomic mass is 10.1. The summed E-state index contributed by atoms with van der Waals surface area (Å²) in [5, 5.41) is 9.65. The average Bonchev–Trinajstić information content (AvgIpc) is 2.71. The fourth-order valence-corrected chi connectivity index (χ4v) is 2.00. The van der Waals surface area contributed by atoms with Gasteiger partial charge in [-0.2, -0.15) is 0 Å². The lowest BCUT2D eigenvalue weighted by Gasteiger charge is -2.21. The van der Waals surface area contributed by atoms with E-state index in [1.807, 2.05) is 0 Å². The van der Waals surface area contributed by atoms with Crippen LogP contribution in [0.25, 0.3) is 0 Å². The van der Waals surface area contributed by atoms with Crippen molar-refractivity contribution in [3.05, 3.63) is 12.2 Å². The Morgan fingerprint density at radius 2 is 2.00 bits per heavy atom. The zero-order valence-corrected chi connectivity index (χ0v) is 9.95. The molecule has 4 atom stereocenters. The molecular weight excluding hydrogens is 228 g/mol. The van der Waals surface area contributed by atoms with Crippen molar-refractivity contribution in [1.82, 2.24) is 0 Å². The molecule has 6 heteroatoms. The Labute approximate surface area is 99.1 Å². The van der Waals surface area contributed by atoms with Crippen LogP contribution in [0.5, 0.6) is 0 Å². The molecule has 0 aromatic heterocycles. The number of esters is 1. The van der Waals surface area contributed by atoms with Crippen LogP contribution in [0.15, 0.2) is 12.2 Å². The standard InChI is InChI=1S/C11H16O6/c1-11(2)16-8-6(4-5-7(12)14-3)15-10(13)9(8)17-11/h4-6,8-10,13H,1-3H3/b5-4+/t6-,8-,9-,10?/m1/s1. The van der Waals surface area contributed by atoms with Gasteiger partial charge >= 0.3 is 5.97 Å². The number of methoxy groups -OCH3 is 1. The van der Waals surface area contributed by atoms with Gasteiger partial charge in [0.1, 0.15) is 18.3 Å². The summed E-state index contributed by atoms with van der Waals surface area (Å²) in [6.07, 6.45) is 0.238. The predicted molar refractivity (Wildman–Crippen MR) is 55.9 cm³/mol. The van der Waals surface area contributed by atoms with E-state index in [2.05, 4.69) is 4.74 Å². The van der Waals surface area contributed by atoms with Gasteiger partial charge in [0, 0.05) is 6.08 Å². The normalized spacial score (nSPS) is 39.5. The van der Waals surface area contributed by atoms with Crippen LogP contribution in [0.1, 0.15) is 13.8 Å². The second-order valence-electron chi connectivity index (χ2n) is 4.44. The number of ether oxygens (including phenoxy) is 4. The largest absolute Gasteiger partial charge is 0.466 e. The first-order chi connectivity index (χ1) is 7.93. The highest BCUT2D eigenvalue weighted by atomic mass is 16.8. The summed E-state index contributed by atoms with van der Waals surface area (Å²) in [6, 6.07) is 0. The summed E-state index contributed by atoms with van der Waals surface area (Å²) < 4.78 is 20.8. The molecule has 0 saturated carbocycles. The molecule has 0 radical (unpaired) electrons. The topological polar surface area (TPSA) is 74.2 Å². The fraction of sp³-hybridized carbons (Fsp3) is 0.727. The third kappa shape index (κ3) is 2.50. The van der Waals surface area contributed by atoms with E-state index < -0.39 is 36.4 Å². The highest BCUT2D eigenvalue weighted by molar-refractivity contribution is 5.81. The van der Waals surface area contributed by atoms with Gasteiger partial charge in [-0.25, -0.2) is 4.79 Å². The molecule has 0 aromatic carbocycles. The molecule has 0 bridgehead atoms. The number of hydrogen-bond donors (Lipinski definition) is 1. The van der Waals surface area contributed by atoms with Crippen molar-refractivity contribution in [2.45, 2.75) is 44.2 Å². The predicted octanol–water partition coefficient (Wildman–Crippen LogP) is -0.0471. The maximum atomic E-state index is 11.0. The summed E-state index contributed by atoms with van der Waals surface area (Å²) in [5.41, 5.74) is 0. The highest BCUT2D eigenvalue weighted by Crippen LogP contribution is 2.38. The van der Waals surface area contributed by atoms with Crippen LogP contribution >= 0.6 is 0 Å². The van der Waals surface area contributed by atoms with Crippen molar-refractivity contribution in [2.75, 3.05) is 7.11 Å². The first-order valence-electron chi connectivity index (χ1n) is 5.38. The van der Waals surface area contributed by atoms with E-state index >= 15 is 0 Å². The molecule has 1 unspecified atom stereocenters. The number of aliphatic hydroxyl groups is 1. The fourth-order valence-electron chi connectivity index (χ4n) is 2.00. The Balaban J connectivity index is 2.06. The number of fused-ring (bicyclic) bond motifs is 1. The summed E-state index contributed by atoms with van der Waals surface area (Å²) >= 11 is 0. The van der Waals surface area contributed by atoms with Crippen molar-refractivity contribution >= 4 is 5.97 Å². The lowest BCUT2D eigenvalue weighted by molar-refractivity contribution is -0.214. The van der Waals surface area contributed by atoms with Crippen molar-refractivity contribution in [3.63, 3.8) is 0 Å². The zero-order chi connectivity index (χ0) is 12.6. The highest BCUT2D eigenvalue weighted by Gasteiger charge is 2.54. The van der Waals surface area contributed by atoms with E-state index in [0.29, 0.717) is 0 Å². The first-order valence-corrected chi connectivity index (χ1v) is 5.38. The summed E-state index contributed by atoms with van der Waals surface area (Å²) in [5.74, 6) is -1.23. The molecule has 2 rings (SSSR count). The third-order valence-electron chi connectivity index (χ3n) is 2.69. The number of carbonyl (C=O) groups excluding carboxylic acids is 1. The van der Waals surface area contributed by atoms with Crippen LogP contribution < -0.4 is 0 Å². The van der Waals surface area contributed by atoms with Crippen molar-refractivity contribution < 1.29 is 28.8 Å². The van der Waals surface area contributed by atoms with Crippen molar-refractivity contribution in [1.29, 1.82) is 0 Å². The Kier molecular flexibility index (Phi) is 3.22. The van der Waals surface area contributed by atoms with Gasteiger partial charge in [-0.1, -0.05) is 0 Å². The van der Waals surface area contributed by atoms with Crippen LogP contribution in [0.2, 0.25) is 0 Å². The number of hydrogen-bond acceptors (Lipinski definition) is 6. The molecular formula is C11H16O6. The van der Waals surface area contributed by atoms with Gasteiger partial charge in [0.2, 0.25) is 0 Å². The lowest BCUT2D eigenvalue weighted by Crippen LogP contribution is -2.29. The van der Waals surface area contributed by atoms with Crippen LogP contribution in [0.3, 0.4) is 0 Å². The third-order valence-corrected chi connectivity index (χ3v) is 2.69. The minimum absolute atomic E-state index is 0.416. The zero-order valence-electron chi connectivity index (χ0n) is 9.95. The van der Waals surface area contributed by atoms with Gasteiger partial charge in [0.15, 0.2) is 12.1 Å². The van der Waals surface area contributed by atoms with E-state index in [4.69, 9.17) is 14.2 Å². The molecule has 0 amide bonds. The molecule has 0 aromatic rings. The molecule has 2 aliphatic heterocycles. The maximum Gasteiger partial charge on any atom is 0.330 e. The van der Waals surface area contributed by atoms with E-state index in [0.717, 1.165) is 0 Å². The second-order valence-corrected chi connectivity index (χ2v) is 4.44. The average molecular weight is 244 g/mol. The first kappa shape index (κ1) is 12.5. The Bertz CT molecular complexity index is 337. The second kappa shape index (κ2) is 4.38. The number of carbonyl (C=O) groups is 1. The monoisotopic (exact) mass is 244 g/mol. The molecule has 0 aliphatic carbocycles. The van der Waals surface area contributed by atoms with Crippen molar-refractivity contribution in [2.24, 2.45) is 0 Å². The minimum Gasteiger partial charge on any atom is -0.466 e. The number of rotatable bonds is 2. The molecule has 0 spiro atoms. The molecule has 6 nitrogen and oxygen atoms in total. The van der Waals surface area contributed by atoms with E-state index in [1.165, 1.54) is 19.3 Å². The summed E-state index contributed by atoms with van der Waals surface area (Å²) in [7, 11) is 1.29.